The zero-order valence-electron chi connectivity index (χ0n) is 9.39. The van der Waals surface area contributed by atoms with Crippen molar-refractivity contribution in [3.8, 4) is 0 Å². The van der Waals surface area contributed by atoms with Crippen LogP contribution in [0.25, 0.3) is 0 Å². The monoisotopic (exact) mass is 204 g/mol. The molecule has 15 heavy (non-hydrogen) atoms. The van der Waals surface area contributed by atoms with Crippen molar-refractivity contribution in [2.45, 2.75) is 25.9 Å². The Morgan fingerprint density at radius 3 is 2.73 bits per heavy atom. The summed E-state index contributed by atoms with van der Waals surface area (Å²) in [5.74, 6) is 0.689. The highest BCUT2D eigenvalue weighted by Gasteiger charge is 2.24. The third-order valence-electron chi connectivity index (χ3n) is 3.30. The highest BCUT2D eigenvalue weighted by Crippen LogP contribution is 2.20. The van der Waals surface area contributed by atoms with E-state index in [1.165, 1.54) is 18.5 Å². The molecule has 0 radical (unpaired) electrons. The van der Waals surface area contributed by atoms with E-state index in [-0.39, 0.29) is 0 Å². The van der Waals surface area contributed by atoms with Crippen molar-refractivity contribution in [1.82, 2.24) is 4.90 Å². The molecule has 0 aliphatic carbocycles. The van der Waals surface area contributed by atoms with Crippen LogP contribution in [-0.4, -0.2) is 24.0 Å². The van der Waals surface area contributed by atoms with Gasteiger partial charge in [-0.15, -0.1) is 0 Å². The minimum Gasteiger partial charge on any atom is -0.328 e. The van der Waals surface area contributed by atoms with E-state index < -0.39 is 0 Å². The van der Waals surface area contributed by atoms with Gasteiger partial charge in [0.05, 0.1) is 0 Å². The fourth-order valence-electron chi connectivity index (χ4n) is 2.28. The molecule has 2 atom stereocenters. The maximum absolute atomic E-state index is 5.93. The van der Waals surface area contributed by atoms with Crippen LogP contribution >= 0.6 is 0 Å². The van der Waals surface area contributed by atoms with Crippen LogP contribution < -0.4 is 5.73 Å². The summed E-state index contributed by atoms with van der Waals surface area (Å²) in [5, 5.41) is 0. The molecule has 0 spiro atoms. The highest BCUT2D eigenvalue weighted by molar-refractivity contribution is 5.14. The van der Waals surface area contributed by atoms with Crippen molar-refractivity contribution in [2.24, 2.45) is 11.7 Å². The normalized spacial score (nSPS) is 24.3. The largest absolute Gasteiger partial charge is 0.328 e. The van der Waals surface area contributed by atoms with Gasteiger partial charge in [0.25, 0.3) is 0 Å². The predicted octanol–water partition coefficient (Wildman–Crippen LogP) is 1.86. The topological polar surface area (TPSA) is 29.3 Å². The molecule has 0 saturated carbocycles. The second-order valence-corrected chi connectivity index (χ2v) is 4.63. The molecule has 1 aliphatic rings. The van der Waals surface area contributed by atoms with Gasteiger partial charge < -0.3 is 5.73 Å². The van der Waals surface area contributed by atoms with Crippen molar-refractivity contribution in [1.29, 1.82) is 0 Å². The average Bonchev–Trinajstić information content (AvgIpc) is 2.68. The van der Waals surface area contributed by atoms with Crippen LogP contribution in [0.1, 0.15) is 18.9 Å². The standard InChI is InChI=1S/C13H20N2/c1-11(14)13-7-8-15(10-13)9-12-5-3-2-4-6-12/h2-6,11,13H,7-10,14H2,1H3/t11-,13-/m0/s1. The first-order valence-electron chi connectivity index (χ1n) is 5.77. The quantitative estimate of drug-likeness (QED) is 0.814. The Hall–Kier alpha value is -0.860. The minimum atomic E-state index is 0.339. The molecule has 1 fully saturated rings. The average molecular weight is 204 g/mol. The zero-order valence-corrected chi connectivity index (χ0v) is 9.39. The lowest BCUT2D eigenvalue weighted by Crippen LogP contribution is -2.29. The second kappa shape index (κ2) is 4.77. The summed E-state index contributed by atoms with van der Waals surface area (Å²) in [6.45, 7) is 5.55. The van der Waals surface area contributed by atoms with Gasteiger partial charge in [-0.2, -0.15) is 0 Å². The van der Waals surface area contributed by atoms with E-state index in [1.807, 2.05) is 0 Å². The van der Waals surface area contributed by atoms with Crippen molar-refractivity contribution < 1.29 is 0 Å². The van der Waals surface area contributed by atoms with Crippen molar-refractivity contribution in [3.63, 3.8) is 0 Å². The molecule has 0 aromatic heterocycles. The lowest BCUT2D eigenvalue weighted by atomic mass is 10.0. The Balaban J connectivity index is 1.88. The van der Waals surface area contributed by atoms with Crippen molar-refractivity contribution in [3.05, 3.63) is 35.9 Å². The van der Waals surface area contributed by atoms with Gasteiger partial charge in [0, 0.05) is 19.1 Å². The number of nitrogens with zero attached hydrogens (tertiary/aromatic N) is 1. The molecule has 1 aliphatic heterocycles. The third-order valence-corrected chi connectivity index (χ3v) is 3.30. The smallest absolute Gasteiger partial charge is 0.0233 e. The predicted molar refractivity (Wildman–Crippen MR) is 63.5 cm³/mol. The van der Waals surface area contributed by atoms with Gasteiger partial charge in [-0.05, 0) is 31.4 Å². The molecule has 1 saturated heterocycles. The van der Waals surface area contributed by atoms with Gasteiger partial charge in [-0.3, -0.25) is 4.90 Å². The van der Waals surface area contributed by atoms with E-state index in [4.69, 9.17) is 5.73 Å². The molecule has 0 bridgehead atoms. The fourth-order valence-corrected chi connectivity index (χ4v) is 2.28. The first kappa shape index (κ1) is 10.7. The lowest BCUT2D eigenvalue weighted by Gasteiger charge is -2.17. The molecule has 2 nitrogen and oxygen atoms in total. The Labute approximate surface area is 92.1 Å². The first-order valence-corrected chi connectivity index (χ1v) is 5.77. The number of rotatable bonds is 3. The Morgan fingerprint density at radius 1 is 1.40 bits per heavy atom. The van der Waals surface area contributed by atoms with E-state index in [0.717, 1.165) is 13.1 Å². The van der Waals surface area contributed by atoms with E-state index in [9.17, 15) is 0 Å². The molecule has 0 unspecified atom stereocenters. The molecule has 82 valence electrons. The van der Waals surface area contributed by atoms with Crippen LogP contribution in [0.15, 0.2) is 30.3 Å². The summed E-state index contributed by atoms with van der Waals surface area (Å²) in [6.07, 6.45) is 1.25. The summed E-state index contributed by atoms with van der Waals surface area (Å²) in [6, 6.07) is 11.0. The van der Waals surface area contributed by atoms with E-state index in [1.54, 1.807) is 0 Å². The molecule has 2 rings (SSSR count). The van der Waals surface area contributed by atoms with Gasteiger partial charge in [-0.25, -0.2) is 0 Å². The van der Waals surface area contributed by atoms with Crippen LogP contribution in [-0.2, 0) is 6.54 Å². The molecule has 0 amide bonds. The maximum Gasteiger partial charge on any atom is 0.0233 e. The molecule has 1 aromatic rings. The summed E-state index contributed by atoms with van der Waals surface area (Å²) in [7, 11) is 0. The van der Waals surface area contributed by atoms with Crippen LogP contribution in [0.2, 0.25) is 0 Å². The number of hydrogen-bond acceptors (Lipinski definition) is 2. The number of benzene rings is 1. The van der Waals surface area contributed by atoms with Gasteiger partial charge in [0.2, 0.25) is 0 Å². The highest BCUT2D eigenvalue weighted by atomic mass is 15.1. The van der Waals surface area contributed by atoms with Crippen molar-refractivity contribution in [2.75, 3.05) is 13.1 Å². The Kier molecular flexibility index (Phi) is 3.39. The minimum absolute atomic E-state index is 0.339. The van der Waals surface area contributed by atoms with Gasteiger partial charge in [0.1, 0.15) is 0 Å². The van der Waals surface area contributed by atoms with E-state index >= 15 is 0 Å². The Bertz CT molecular complexity index is 295. The molecule has 2 heteroatoms. The molecule has 2 N–H and O–H groups in total. The fraction of sp³-hybridized carbons (Fsp3) is 0.538. The summed E-state index contributed by atoms with van der Waals surface area (Å²) < 4.78 is 0. The second-order valence-electron chi connectivity index (χ2n) is 4.63. The summed E-state index contributed by atoms with van der Waals surface area (Å²) in [5.41, 5.74) is 7.33. The number of nitrogens with two attached hydrogens (primary N) is 1. The maximum atomic E-state index is 5.93. The molecular weight excluding hydrogens is 184 g/mol. The zero-order chi connectivity index (χ0) is 10.7. The summed E-state index contributed by atoms with van der Waals surface area (Å²) >= 11 is 0. The van der Waals surface area contributed by atoms with E-state index in [0.29, 0.717) is 12.0 Å². The summed E-state index contributed by atoms with van der Waals surface area (Å²) in [4.78, 5) is 2.50. The van der Waals surface area contributed by atoms with Gasteiger partial charge in [0.15, 0.2) is 0 Å². The lowest BCUT2D eigenvalue weighted by molar-refractivity contribution is 0.308. The van der Waals surface area contributed by atoms with Gasteiger partial charge in [-0.1, -0.05) is 30.3 Å². The molecule has 1 aromatic carbocycles. The van der Waals surface area contributed by atoms with Crippen LogP contribution in [0.4, 0.5) is 0 Å². The Morgan fingerprint density at radius 2 is 2.13 bits per heavy atom. The van der Waals surface area contributed by atoms with Crippen LogP contribution in [0.3, 0.4) is 0 Å². The van der Waals surface area contributed by atoms with Crippen LogP contribution in [0.5, 0.6) is 0 Å². The van der Waals surface area contributed by atoms with Gasteiger partial charge >= 0.3 is 0 Å². The molecular formula is C13H20N2. The number of hydrogen-bond donors (Lipinski definition) is 1. The van der Waals surface area contributed by atoms with Crippen molar-refractivity contribution >= 4 is 0 Å². The SMILES string of the molecule is C[C@H](N)[C@H]1CCN(Cc2ccccc2)C1. The van der Waals surface area contributed by atoms with E-state index in [2.05, 4.69) is 42.2 Å². The molecule has 1 heterocycles. The number of likely N-dealkylation sites (tertiary alicyclic amines) is 1. The third kappa shape index (κ3) is 2.80. The van der Waals surface area contributed by atoms with Crippen LogP contribution in [0, 0.1) is 5.92 Å². The first-order chi connectivity index (χ1) is 7.25.